The molecule has 2 aromatic heterocycles. The molecule has 0 spiro atoms. The Morgan fingerprint density at radius 2 is 2.00 bits per heavy atom. The molecule has 0 bridgehead atoms. The number of hydrogen-bond acceptors (Lipinski definition) is 3. The van der Waals surface area contributed by atoms with Crippen molar-refractivity contribution in [3.05, 3.63) is 35.4 Å². The van der Waals surface area contributed by atoms with Crippen molar-refractivity contribution in [2.75, 3.05) is 0 Å². The third-order valence-corrected chi connectivity index (χ3v) is 2.71. The van der Waals surface area contributed by atoms with Crippen molar-refractivity contribution in [3.63, 3.8) is 0 Å². The molecule has 0 aromatic carbocycles. The van der Waals surface area contributed by atoms with Crippen molar-refractivity contribution in [2.45, 2.75) is 13.0 Å². The lowest BCUT2D eigenvalue weighted by atomic mass is 10.1. The van der Waals surface area contributed by atoms with Gasteiger partial charge in [-0.05, 0) is 13.0 Å². The van der Waals surface area contributed by atoms with Gasteiger partial charge in [-0.1, -0.05) is 0 Å². The first kappa shape index (κ1) is 9.92. The van der Waals surface area contributed by atoms with Crippen LogP contribution in [0.1, 0.15) is 23.1 Å². The predicted octanol–water partition coefficient (Wildman–Crippen LogP) is 0.544. The lowest BCUT2D eigenvalue weighted by molar-refractivity contribution is 0.209. The highest BCUT2D eigenvalue weighted by Crippen LogP contribution is 2.23. The van der Waals surface area contributed by atoms with Gasteiger partial charge in [0, 0.05) is 31.5 Å². The number of aryl methyl sites for hydroxylation is 2. The van der Waals surface area contributed by atoms with Gasteiger partial charge in [-0.3, -0.25) is 9.36 Å². The summed E-state index contributed by atoms with van der Waals surface area (Å²) in [6.45, 7) is 1.93. The van der Waals surface area contributed by atoms with Crippen LogP contribution in [0.25, 0.3) is 0 Å². The number of aliphatic hydroxyl groups is 1. The van der Waals surface area contributed by atoms with Crippen LogP contribution in [0.5, 0.6) is 0 Å². The predicted molar refractivity (Wildman–Crippen MR) is 55.2 cm³/mol. The van der Waals surface area contributed by atoms with Gasteiger partial charge in [-0.15, -0.1) is 0 Å². The molecule has 0 amide bonds. The van der Waals surface area contributed by atoms with E-state index >= 15 is 0 Å². The maximum absolute atomic E-state index is 10.1. The summed E-state index contributed by atoms with van der Waals surface area (Å²) in [5.41, 5.74) is 2.55. The van der Waals surface area contributed by atoms with Crippen LogP contribution in [0.15, 0.2) is 18.5 Å². The fraction of sp³-hybridized carbons (Fsp3) is 0.400. The highest BCUT2D eigenvalue weighted by Gasteiger charge is 2.18. The molecule has 0 aliphatic heterocycles. The molecule has 1 N–H and O–H groups in total. The summed E-state index contributed by atoms with van der Waals surface area (Å²) in [6.07, 6.45) is 2.70. The zero-order valence-electron chi connectivity index (χ0n) is 9.05. The number of aromatic nitrogens is 4. The van der Waals surface area contributed by atoms with E-state index in [1.807, 2.05) is 21.0 Å². The van der Waals surface area contributed by atoms with Gasteiger partial charge in [0.1, 0.15) is 6.10 Å². The monoisotopic (exact) mass is 206 g/mol. The number of rotatable bonds is 2. The summed E-state index contributed by atoms with van der Waals surface area (Å²) in [7, 11) is 3.67. The van der Waals surface area contributed by atoms with Crippen LogP contribution < -0.4 is 0 Å². The Morgan fingerprint density at radius 3 is 2.47 bits per heavy atom. The molecular weight excluding hydrogens is 192 g/mol. The second-order valence-corrected chi connectivity index (χ2v) is 3.59. The van der Waals surface area contributed by atoms with E-state index in [9.17, 15) is 5.11 Å². The number of hydrogen-bond donors (Lipinski definition) is 1. The average Bonchev–Trinajstić information content (AvgIpc) is 2.75. The molecule has 0 saturated carbocycles. The molecule has 0 aliphatic carbocycles. The fourth-order valence-electron chi connectivity index (χ4n) is 1.60. The van der Waals surface area contributed by atoms with Gasteiger partial charge in [0.2, 0.25) is 0 Å². The second kappa shape index (κ2) is 3.51. The van der Waals surface area contributed by atoms with E-state index in [1.165, 1.54) is 0 Å². The standard InChI is InChI=1S/C10H14N4O/c1-7-8(6-12-13(7)2)10(15)9-4-5-11-14(9)3/h4-6,10,15H,1-3H3. The summed E-state index contributed by atoms with van der Waals surface area (Å²) in [6, 6.07) is 1.80. The molecule has 0 radical (unpaired) electrons. The van der Waals surface area contributed by atoms with Crippen molar-refractivity contribution in [2.24, 2.45) is 14.1 Å². The summed E-state index contributed by atoms with van der Waals surface area (Å²) in [5, 5.41) is 18.3. The third-order valence-electron chi connectivity index (χ3n) is 2.71. The molecule has 5 nitrogen and oxygen atoms in total. The lowest BCUT2D eigenvalue weighted by Gasteiger charge is -2.10. The topological polar surface area (TPSA) is 55.9 Å². The molecule has 2 aromatic rings. The Morgan fingerprint density at radius 1 is 1.27 bits per heavy atom. The molecule has 0 saturated heterocycles. The smallest absolute Gasteiger partial charge is 0.124 e. The van der Waals surface area contributed by atoms with Crippen LogP contribution >= 0.6 is 0 Å². The average molecular weight is 206 g/mol. The first-order valence-corrected chi connectivity index (χ1v) is 4.75. The molecule has 5 heteroatoms. The van der Waals surface area contributed by atoms with Crippen LogP contribution in [-0.2, 0) is 14.1 Å². The number of nitrogens with zero attached hydrogens (tertiary/aromatic N) is 4. The van der Waals surface area contributed by atoms with E-state index in [4.69, 9.17) is 0 Å². The molecule has 1 atom stereocenters. The minimum Gasteiger partial charge on any atom is -0.382 e. The van der Waals surface area contributed by atoms with E-state index in [1.54, 1.807) is 27.8 Å². The summed E-state index contributed by atoms with van der Waals surface area (Å²) >= 11 is 0. The Bertz CT molecular complexity index is 471. The minimum atomic E-state index is -0.661. The van der Waals surface area contributed by atoms with Gasteiger partial charge >= 0.3 is 0 Å². The fourth-order valence-corrected chi connectivity index (χ4v) is 1.60. The van der Waals surface area contributed by atoms with Crippen LogP contribution in [0.3, 0.4) is 0 Å². The first-order chi connectivity index (χ1) is 7.11. The van der Waals surface area contributed by atoms with Gasteiger partial charge in [-0.25, -0.2) is 0 Å². The summed E-state index contributed by atoms with van der Waals surface area (Å²) in [4.78, 5) is 0. The minimum absolute atomic E-state index is 0.661. The Kier molecular flexibility index (Phi) is 2.32. The van der Waals surface area contributed by atoms with Crippen molar-refractivity contribution in [3.8, 4) is 0 Å². The SMILES string of the molecule is Cc1c(C(O)c2ccnn2C)cnn1C. The van der Waals surface area contributed by atoms with Crippen LogP contribution in [-0.4, -0.2) is 24.7 Å². The molecule has 2 heterocycles. The van der Waals surface area contributed by atoms with Gasteiger partial charge in [0.25, 0.3) is 0 Å². The normalized spacial score (nSPS) is 13.1. The maximum atomic E-state index is 10.1. The van der Waals surface area contributed by atoms with Crippen molar-refractivity contribution in [1.82, 2.24) is 19.6 Å². The lowest BCUT2D eigenvalue weighted by Crippen LogP contribution is -2.07. The molecule has 15 heavy (non-hydrogen) atoms. The summed E-state index contributed by atoms with van der Waals surface area (Å²) < 4.78 is 3.41. The molecule has 2 rings (SSSR count). The van der Waals surface area contributed by atoms with Gasteiger partial charge in [-0.2, -0.15) is 10.2 Å². The van der Waals surface area contributed by atoms with Crippen LogP contribution in [0.2, 0.25) is 0 Å². The Balaban J connectivity index is 2.41. The molecule has 0 aliphatic rings. The van der Waals surface area contributed by atoms with Gasteiger partial charge < -0.3 is 5.11 Å². The zero-order chi connectivity index (χ0) is 11.0. The van der Waals surface area contributed by atoms with Gasteiger partial charge in [0.15, 0.2) is 0 Å². The third kappa shape index (κ3) is 1.55. The van der Waals surface area contributed by atoms with E-state index in [0.717, 1.165) is 17.0 Å². The van der Waals surface area contributed by atoms with E-state index in [2.05, 4.69) is 10.2 Å². The first-order valence-electron chi connectivity index (χ1n) is 4.75. The van der Waals surface area contributed by atoms with Gasteiger partial charge in [0.05, 0.1) is 11.9 Å². The van der Waals surface area contributed by atoms with Crippen LogP contribution in [0.4, 0.5) is 0 Å². The van der Waals surface area contributed by atoms with Crippen molar-refractivity contribution < 1.29 is 5.11 Å². The highest BCUT2D eigenvalue weighted by molar-refractivity contribution is 5.26. The maximum Gasteiger partial charge on any atom is 0.124 e. The van der Waals surface area contributed by atoms with E-state index in [-0.39, 0.29) is 0 Å². The molecule has 0 fully saturated rings. The quantitative estimate of drug-likeness (QED) is 0.780. The largest absolute Gasteiger partial charge is 0.382 e. The van der Waals surface area contributed by atoms with Crippen LogP contribution in [0, 0.1) is 6.92 Å². The van der Waals surface area contributed by atoms with E-state index in [0.29, 0.717) is 0 Å². The van der Waals surface area contributed by atoms with Crippen molar-refractivity contribution >= 4 is 0 Å². The Labute approximate surface area is 88.0 Å². The zero-order valence-corrected chi connectivity index (χ0v) is 9.05. The highest BCUT2D eigenvalue weighted by atomic mass is 16.3. The molecular formula is C10H14N4O. The molecule has 1 unspecified atom stereocenters. The van der Waals surface area contributed by atoms with E-state index < -0.39 is 6.10 Å². The molecule has 80 valence electrons. The summed E-state index contributed by atoms with van der Waals surface area (Å²) in [5.74, 6) is 0. The second-order valence-electron chi connectivity index (χ2n) is 3.59. The number of aliphatic hydroxyl groups excluding tert-OH is 1. The Hall–Kier alpha value is -1.62. The van der Waals surface area contributed by atoms with Crippen molar-refractivity contribution in [1.29, 1.82) is 0 Å².